The van der Waals surface area contributed by atoms with Gasteiger partial charge >= 0.3 is 0 Å². The number of hydrogen-bond acceptors (Lipinski definition) is 5. The molecule has 0 aromatic carbocycles. The Morgan fingerprint density at radius 3 is 3.10 bits per heavy atom. The number of rotatable bonds is 0. The Balaban J connectivity index is 2.89. The van der Waals surface area contributed by atoms with Crippen LogP contribution in [0.4, 0.5) is 0 Å². The lowest BCUT2D eigenvalue weighted by Crippen LogP contribution is -1.90. The second-order valence-corrected chi connectivity index (χ2v) is 1.62. The predicted octanol–water partition coefficient (Wildman–Crippen LogP) is -0.385. The standard InChI is InChI=1S/C5H2N5/c1-2-7-10-5-4(1)9-8-3-6-5/h2-3H. The average molecular weight is 132 g/mol. The van der Waals surface area contributed by atoms with E-state index in [1.165, 1.54) is 12.5 Å². The maximum atomic E-state index is 3.80. The summed E-state index contributed by atoms with van der Waals surface area (Å²) in [5.74, 6) is 0. The highest BCUT2D eigenvalue weighted by Crippen LogP contribution is 1.96. The number of aromatic nitrogens is 5. The maximum absolute atomic E-state index is 3.80. The van der Waals surface area contributed by atoms with Gasteiger partial charge in [0.1, 0.15) is 11.8 Å². The normalized spacial score (nSPS) is 10.0. The van der Waals surface area contributed by atoms with Crippen molar-refractivity contribution in [2.24, 2.45) is 0 Å². The molecular formula is C5H2N5. The Kier molecular flexibility index (Phi) is 1.00. The minimum absolute atomic E-state index is 0.470. The SMILES string of the molecule is [c]1cnnc2ncnnc12. The topological polar surface area (TPSA) is 64.5 Å². The molecule has 0 amide bonds. The zero-order chi connectivity index (χ0) is 6.81. The highest BCUT2D eigenvalue weighted by Gasteiger charge is 1.93. The van der Waals surface area contributed by atoms with Crippen LogP contribution in [-0.2, 0) is 0 Å². The zero-order valence-corrected chi connectivity index (χ0v) is 4.89. The molecule has 0 fully saturated rings. The smallest absolute Gasteiger partial charge is 0.204 e. The van der Waals surface area contributed by atoms with E-state index in [9.17, 15) is 0 Å². The first-order valence-corrected chi connectivity index (χ1v) is 2.63. The Bertz CT molecular complexity index is 281. The molecular weight excluding hydrogens is 130 g/mol. The summed E-state index contributed by atoms with van der Waals surface area (Å²) in [6, 6.07) is 2.74. The van der Waals surface area contributed by atoms with Crippen LogP contribution in [0.5, 0.6) is 0 Å². The van der Waals surface area contributed by atoms with E-state index in [0.29, 0.717) is 11.2 Å². The zero-order valence-electron chi connectivity index (χ0n) is 4.89. The van der Waals surface area contributed by atoms with E-state index < -0.39 is 0 Å². The van der Waals surface area contributed by atoms with E-state index in [1.807, 2.05) is 0 Å². The Hall–Kier alpha value is -1.65. The van der Waals surface area contributed by atoms with Crippen LogP contribution < -0.4 is 0 Å². The molecule has 0 unspecified atom stereocenters. The highest BCUT2D eigenvalue weighted by molar-refractivity contribution is 5.65. The van der Waals surface area contributed by atoms with Crippen molar-refractivity contribution in [3.05, 3.63) is 18.6 Å². The van der Waals surface area contributed by atoms with Gasteiger partial charge in [-0.1, -0.05) is 0 Å². The van der Waals surface area contributed by atoms with Crippen LogP contribution in [0.1, 0.15) is 0 Å². The quantitative estimate of drug-likeness (QED) is 0.488. The summed E-state index contributed by atoms with van der Waals surface area (Å²) in [6.07, 6.45) is 2.75. The van der Waals surface area contributed by atoms with Crippen molar-refractivity contribution >= 4 is 11.2 Å². The minimum Gasteiger partial charge on any atom is -0.211 e. The molecule has 10 heavy (non-hydrogen) atoms. The molecule has 5 heteroatoms. The minimum atomic E-state index is 0.470. The van der Waals surface area contributed by atoms with Crippen LogP contribution in [0.25, 0.3) is 11.2 Å². The fourth-order valence-corrected chi connectivity index (χ4v) is 0.610. The average Bonchev–Trinajstić information content (AvgIpc) is 2.05. The number of nitrogens with zero attached hydrogens (tertiary/aromatic N) is 5. The molecule has 2 rings (SSSR count). The van der Waals surface area contributed by atoms with Crippen LogP contribution in [-0.4, -0.2) is 25.4 Å². The van der Waals surface area contributed by atoms with Gasteiger partial charge < -0.3 is 0 Å². The molecule has 2 aromatic heterocycles. The fourth-order valence-electron chi connectivity index (χ4n) is 0.610. The molecule has 47 valence electrons. The summed E-state index contributed by atoms with van der Waals surface area (Å²) in [7, 11) is 0. The Labute approximate surface area is 56.1 Å². The van der Waals surface area contributed by atoms with Crippen molar-refractivity contribution in [3.63, 3.8) is 0 Å². The lowest BCUT2D eigenvalue weighted by Gasteiger charge is -1.86. The van der Waals surface area contributed by atoms with Gasteiger partial charge in [0, 0.05) is 6.07 Å². The van der Waals surface area contributed by atoms with Crippen LogP contribution in [0.15, 0.2) is 12.5 Å². The molecule has 0 bridgehead atoms. The van der Waals surface area contributed by atoms with Gasteiger partial charge in [-0.2, -0.15) is 5.10 Å². The van der Waals surface area contributed by atoms with E-state index in [2.05, 4.69) is 31.4 Å². The molecule has 0 atom stereocenters. The summed E-state index contributed by atoms with van der Waals surface area (Å²) < 4.78 is 0. The highest BCUT2D eigenvalue weighted by atomic mass is 15.2. The van der Waals surface area contributed by atoms with Gasteiger partial charge in [-0.3, -0.25) is 0 Å². The molecule has 2 aromatic rings. The number of fused-ring (bicyclic) bond motifs is 1. The molecule has 0 saturated carbocycles. The van der Waals surface area contributed by atoms with Crippen molar-refractivity contribution in [2.75, 3.05) is 0 Å². The van der Waals surface area contributed by atoms with Gasteiger partial charge in [0.05, 0.1) is 6.20 Å². The summed E-state index contributed by atoms with van der Waals surface area (Å²) >= 11 is 0. The molecule has 1 radical (unpaired) electrons. The van der Waals surface area contributed by atoms with Gasteiger partial charge in [0.2, 0.25) is 5.65 Å². The summed E-state index contributed by atoms with van der Waals surface area (Å²) in [6.45, 7) is 0. The third-order valence-corrected chi connectivity index (χ3v) is 1.01. The summed E-state index contributed by atoms with van der Waals surface area (Å²) in [4.78, 5) is 3.80. The van der Waals surface area contributed by atoms with Crippen molar-refractivity contribution in [3.8, 4) is 0 Å². The van der Waals surface area contributed by atoms with Gasteiger partial charge in [-0.05, 0) is 0 Å². The van der Waals surface area contributed by atoms with E-state index in [4.69, 9.17) is 0 Å². The lowest BCUT2D eigenvalue weighted by molar-refractivity contribution is 0.969. The number of hydrogen-bond donors (Lipinski definition) is 0. The van der Waals surface area contributed by atoms with Crippen LogP contribution in [0, 0.1) is 6.07 Å². The van der Waals surface area contributed by atoms with E-state index in [-0.39, 0.29) is 0 Å². The lowest BCUT2D eigenvalue weighted by atomic mass is 10.5. The predicted molar refractivity (Wildman–Crippen MR) is 31.8 cm³/mol. The molecule has 0 aliphatic carbocycles. The second kappa shape index (κ2) is 1.94. The fraction of sp³-hybridized carbons (Fsp3) is 0. The molecule has 0 spiro atoms. The van der Waals surface area contributed by atoms with Crippen molar-refractivity contribution < 1.29 is 0 Å². The molecule has 2 heterocycles. The monoisotopic (exact) mass is 132 g/mol. The maximum Gasteiger partial charge on any atom is 0.204 e. The molecule has 0 N–H and O–H groups in total. The van der Waals surface area contributed by atoms with Crippen molar-refractivity contribution in [2.45, 2.75) is 0 Å². The van der Waals surface area contributed by atoms with Gasteiger partial charge in [0.15, 0.2) is 0 Å². The van der Waals surface area contributed by atoms with Crippen LogP contribution in [0.3, 0.4) is 0 Å². The second-order valence-electron chi connectivity index (χ2n) is 1.62. The summed E-state index contributed by atoms with van der Waals surface area (Å²) in [5, 5.41) is 14.5. The van der Waals surface area contributed by atoms with E-state index >= 15 is 0 Å². The van der Waals surface area contributed by atoms with Crippen LogP contribution >= 0.6 is 0 Å². The molecule has 5 nitrogen and oxygen atoms in total. The van der Waals surface area contributed by atoms with Crippen LogP contribution in [0.2, 0.25) is 0 Å². The molecule has 0 aliphatic rings. The third-order valence-electron chi connectivity index (χ3n) is 1.01. The first kappa shape index (κ1) is 5.16. The first-order valence-electron chi connectivity index (χ1n) is 2.63. The Morgan fingerprint density at radius 2 is 2.20 bits per heavy atom. The Morgan fingerprint density at radius 1 is 1.20 bits per heavy atom. The molecule has 0 saturated heterocycles. The van der Waals surface area contributed by atoms with Gasteiger partial charge in [0.25, 0.3) is 0 Å². The van der Waals surface area contributed by atoms with Gasteiger partial charge in [-0.15, -0.1) is 15.3 Å². The third kappa shape index (κ3) is 0.680. The van der Waals surface area contributed by atoms with Crippen molar-refractivity contribution in [1.29, 1.82) is 0 Å². The first-order chi connectivity index (χ1) is 4.97. The van der Waals surface area contributed by atoms with Gasteiger partial charge in [-0.25, -0.2) is 4.98 Å². The molecule has 0 aliphatic heterocycles. The van der Waals surface area contributed by atoms with E-state index in [1.54, 1.807) is 0 Å². The largest absolute Gasteiger partial charge is 0.211 e. The van der Waals surface area contributed by atoms with Crippen molar-refractivity contribution in [1.82, 2.24) is 25.4 Å². The summed E-state index contributed by atoms with van der Waals surface area (Å²) in [5.41, 5.74) is 1.01. The van der Waals surface area contributed by atoms with E-state index in [0.717, 1.165) is 0 Å².